The summed E-state index contributed by atoms with van der Waals surface area (Å²) in [4.78, 5) is 19.0. The standard InChI is InChI=1S/C20H20ClN3O3/c21-18-14-12-24-16(11-13-5-2-1-3-6-13)19(26)23-20(24)22-15(14)7-8-17(18)27-10-4-9-25/h1-3,5-8,16,25H,4,9-12H2,(H,22,23,26). The molecule has 2 heterocycles. The molecule has 0 radical (unpaired) electrons. The molecule has 1 saturated heterocycles. The van der Waals surface area contributed by atoms with Gasteiger partial charge < -0.3 is 14.7 Å². The lowest BCUT2D eigenvalue weighted by atomic mass is 10.0. The molecule has 6 nitrogen and oxygen atoms in total. The number of carbonyl (C=O) groups excluding carboxylic acids is 1. The van der Waals surface area contributed by atoms with Crippen molar-refractivity contribution in [2.45, 2.75) is 25.4 Å². The van der Waals surface area contributed by atoms with E-state index in [2.05, 4.69) is 10.3 Å². The van der Waals surface area contributed by atoms with E-state index in [4.69, 9.17) is 21.4 Å². The number of halogens is 1. The van der Waals surface area contributed by atoms with Crippen LogP contribution in [0.1, 0.15) is 17.5 Å². The average Bonchev–Trinajstić information content (AvgIpc) is 2.98. The molecule has 2 aromatic rings. The highest BCUT2D eigenvalue weighted by atomic mass is 35.5. The minimum Gasteiger partial charge on any atom is -0.492 e. The summed E-state index contributed by atoms with van der Waals surface area (Å²) in [6, 6.07) is 13.2. The molecule has 0 saturated carbocycles. The van der Waals surface area contributed by atoms with Gasteiger partial charge in [0.2, 0.25) is 11.9 Å². The molecule has 2 aliphatic rings. The number of aliphatic imine (C=N–C) groups is 1. The number of aliphatic hydroxyl groups excluding tert-OH is 1. The third kappa shape index (κ3) is 3.50. The molecule has 27 heavy (non-hydrogen) atoms. The van der Waals surface area contributed by atoms with Gasteiger partial charge in [-0.25, -0.2) is 4.99 Å². The summed E-state index contributed by atoms with van der Waals surface area (Å²) in [6.45, 7) is 0.948. The number of nitrogens with one attached hydrogen (secondary N) is 1. The predicted molar refractivity (Wildman–Crippen MR) is 103 cm³/mol. The number of guanidine groups is 1. The van der Waals surface area contributed by atoms with E-state index >= 15 is 0 Å². The van der Waals surface area contributed by atoms with E-state index in [0.717, 1.165) is 16.8 Å². The van der Waals surface area contributed by atoms with Crippen molar-refractivity contribution in [3.63, 3.8) is 0 Å². The molecule has 1 amide bonds. The van der Waals surface area contributed by atoms with Gasteiger partial charge >= 0.3 is 0 Å². The molecular formula is C20H20ClN3O3. The summed E-state index contributed by atoms with van der Waals surface area (Å²) in [6.07, 6.45) is 1.14. The van der Waals surface area contributed by atoms with Gasteiger partial charge in [-0.2, -0.15) is 0 Å². The number of carbonyl (C=O) groups is 1. The molecule has 1 unspecified atom stereocenters. The zero-order chi connectivity index (χ0) is 18.8. The van der Waals surface area contributed by atoms with Crippen molar-refractivity contribution in [2.75, 3.05) is 13.2 Å². The Kier molecular flexibility index (Phi) is 5.01. The van der Waals surface area contributed by atoms with Crippen LogP contribution in [0.25, 0.3) is 0 Å². The lowest BCUT2D eigenvalue weighted by Crippen LogP contribution is -2.38. The highest BCUT2D eigenvalue weighted by Gasteiger charge is 2.39. The number of nitrogens with zero attached hydrogens (tertiary/aromatic N) is 2. The first-order valence-corrected chi connectivity index (χ1v) is 9.30. The molecule has 0 bridgehead atoms. The van der Waals surface area contributed by atoms with Crippen LogP contribution in [0.5, 0.6) is 5.75 Å². The first-order chi connectivity index (χ1) is 13.2. The molecule has 2 aliphatic heterocycles. The van der Waals surface area contributed by atoms with Gasteiger partial charge in [0.25, 0.3) is 0 Å². The van der Waals surface area contributed by atoms with Crippen LogP contribution in [0.2, 0.25) is 5.02 Å². The van der Waals surface area contributed by atoms with Crippen molar-refractivity contribution in [1.82, 2.24) is 10.2 Å². The largest absolute Gasteiger partial charge is 0.492 e. The number of benzene rings is 2. The number of aliphatic hydroxyl groups is 1. The van der Waals surface area contributed by atoms with Crippen LogP contribution >= 0.6 is 11.6 Å². The summed E-state index contributed by atoms with van der Waals surface area (Å²) in [5.74, 6) is 1.08. The molecule has 2 N–H and O–H groups in total. The first-order valence-electron chi connectivity index (χ1n) is 8.92. The number of ether oxygens (including phenoxy) is 1. The summed E-state index contributed by atoms with van der Waals surface area (Å²) in [5.41, 5.74) is 2.68. The van der Waals surface area contributed by atoms with Gasteiger partial charge in [-0.1, -0.05) is 41.9 Å². The number of hydrogen-bond acceptors (Lipinski definition) is 5. The molecular weight excluding hydrogens is 366 g/mol. The lowest BCUT2D eigenvalue weighted by molar-refractivity contribution is -0.121. The smallest absolute Gasteiger partial charge is 0.249 e. The average molecular weight is 386 g/mol. The molecule has 4 rings (SSSR count). The van der Waals surface area contributed by atoms with Crippen molar-refractivity contribution >= 4 is 29.2 Å². The Morgan fingerprint density at radius 3 is 2.85 bits per heavy atom. The summed E-state index contributed by atoms with van der Waals surface area (Å²) < 4.78 is 5.66. The topological polar surface area (TPSA) is 74.2 Å². The van der Waals surface area contributed by atoms with Crippen LogP contribution in [-0.4, -0.2) is 41.1 Å². The Bertz CT molecular complexity index is 886. The van der Waals surface area contributed by atoms with Crippen molar-refractivity contribution in [3.05, 3.63) is 58.6 Å². The van der Waals surface area contributed by atoms with E-state index in [1.165, 1.54) is 0 Å². The van der Waals surface area contributed by atoms with Crippen molar-refractivity contribution in [2.24, 2.45) is 4.99 Å². The van der Waals surface area contributed by atoms with Gasteiger partial charge in [0.1, 0.15) is 11.8 Å². The maximum atomic E-state index is 12.5. The minimum absolute atomic E-state index is 0.0547. The van der Waals surface area contributed by atoms with E-state index in [-0.39, 0.29) is 18.6 Å². The monoisotopic (exact) mass is 385 g/mol. The van der Waals surface area contributed by atoms with Crippen molar-refractivity contribution < 1.29 is 14.6 Å². The lowest BCUT2D eigenvalue weighted by Gasteiger charge is -2.29. The van der Waals surface area contributed by atoms with E-state index < -0.39 is 0 Å². The van der Waals surface area contributed by atoms with Gasteiger partial charge in [0, 0.05) is 25.0 Å². The Hall–Kier alpha value is -2.57. The quantitative estimate of drug-likeness (QED) is 0.750. The normalized spacial score (nSPS) is 17.9. The molecule has 2 aromatic carbocycles. The van der Waals surface area contributed by atoms with Crippen LogP contribution in [-0.2, 0) is 17.8 Å². The summed E-state index contributed by atoms with van der Waals surface area (Å²) >= 11 is 6.55. The SMILES string of the molecule is O=C1NC2=Nc3ccc(OCCCO)c(Cl)c3CN2C1Cc1ccccc1. The summed E-state index contributed by atoms with van der Waals surface area (Å²) in [5, 5.41) is 12.3. The van der Waals surface area contributed by atoms with Crippen LogP contribution in [0.4, 0.5) is 5.69 Å². The van der Waals surface area contributed by atoms with Crippen LogP contribution in [0.3, 0.4) is 0 Å². The molecule has 7 heteroatoms. The Balaban J connectivity index is 1.59. The van der Waals surface area contributed by atoms with Gasteiger partial charge in [0.15, 0.2) is 0 Å². The van der Waals surface area contributed by atoms with E-state index in [9.17, 15) is 4.79 Å². The molecule has 140 valence electrons. The molecule has 0 aromatic heterocycles. The second-order valence-electron chi connectivity index (χ2n) is 6.56. The highest BCUT2D eigenvalue weighted by Crippen LogP contribution is 2.39. The zero-order valence-corrected chi connectivity index (χ0v) is 15.4. The number of amides is 1. The molecule has 1 atom stereocenters. The van der Waals surface area contributed by atoms with Crippen LogP contribution < -0.4 is 10.1 Å². The predicted octanol–water partition coefficient (Wildman–Crippen LogP) is 2.65. The van der Waals surface area contributed by atoms with Crippen LogP contribution in [0, 0.1) is 0 Å². The summed E-state index contributed by atoms with van der Waals surface area (Å²) in [7, 11) is 0. The Morgan fingerprint density at radius 2 is 2.07 bits per heavy atom. The van der Waals surface area contributed by atoms with Gasteiger partial charge in [-0.3, -0.25) is 10.1 Å². The number of rotatable bonds is 6. The van der Waals surface area contributed by atoms with Crippen molar-refractivity contribution in [1.29, 1.82) is 0 Å². The minimum atomic E-state index is -0.325. The van der Waals surface area contributed by atoms with E-state index in [1.807, 2.05) is 41.3 Å². The number of fused-ring (bicyclic) bond motifs is 2. The van der Waals surface area contributed by atoms with Gasteiger partial charge in [-0.15, -0.1) is 0 Å². The molecule has 0 aliphatic carbocycles. The third-order valence-electron chi connectivity index (χ3n) is 4.76. The molecule has 1 fully saturated rings. The Morgan fingerprint density at radius 1 is 1.26 bits per heavy atom. The second kappa shape index (κ2) is 7.58. The molecule has 0 spiro atoms. The number of hydrogen-bond donors (Lipinski definition) is 2. The fraction of sp³-hybridized carbons (Fsp3) is 0.300. The maximum Gasteiger partial charge on any atom is 0.249 e. The highest BCUT2D eigenvalue weighted by molar-refractivity contribution is 6.33. The Labute approximate surface area is 162 Å². The maximum absolute atomic E-state index is 12.5. The van der Waals surface area contributed by atoms with Crippen molar-refractivity contribution in [3.8, 4) is 5.75 Å². The van der Waals surface area contributed by atoms with E-state index in [1.54, 1.807) is 6.07 Å². The third-order valence-corrected chi connectivity index (χ3v) is 5.17. The fourth-order valence-electron chi connectivity index (χ4n) is 3.36. The second-order valence-corrected chi connectivity index (χ2v) is 6.94. The van der Waals surface area contributed by atoms with Gasteiger partial charge in [-0.05, 0) is 17.7 Å². The first kappa shape index (κ1) is 17.8. The zero-order valence-electron chi connectivity index (χ0n) is 14.7. The van der Waals surface area contributed by atoms with Crippen LogP contribution in [0.15, 0.2) is 47.5 Å². The fourth-order valence-corrected chi connectivity index (χ4v) is 3.63. The van der Waals surface area contributed by atoms with Gasteiger partial charge in [0.05, 0.1) is 23.9 Å². The van der Waals surface area contributed by atoms with E-state index in [0.29, 0.717) is 42.7 Å².